The van der Waals surface area contributed by atoms with Gasteiger partial charge in [0.25, 0.3) is 0 Å². The number of piperidine rings is 1. The fourth-order valence-electron chi connectivity index (χ4n) is 3.34. The van der Waals surface area contributed by atoms with Crippen LogP contribution in [0.1, 0.15) is 19.3 Å². The number of halogens is 1. The van der Waals surface area contributed by atoms with E-state index in [9.17, 15) is 0 Å². The first kappa shape index (κ1) is 18.1. The zero-order chi connectivity index (χ0) is 18.6. The van der Waals surface area contributed by atoms with E-state index in [1.807, 2.05) is 24.4 Å². The Labute approximate surface area is 168 Å². The number of ether oxygens (including phenoxy) is 1. The van der Waals surface area contributed by atoms with Gasteiger partial charge in [0.2, 0.25) is 0 Å². The number of anilines is 3. The van der Waals surface area contributed by atoms with Crippen LogP contribution in [0.15, 0.2) is 48.7 Å². The zero-order valence-electron chi connectivity index (χ0n) is 15.2. The number of nitrogens with zero attached hydrogens (tertiary/aromatic N) is 2. The average molecular weight is 400 g/mol. The SMILES string of the molecule is COc1ccc(Nc2ncc(-c3cccc(N4CCCCC4)c3)s2)cc1Cl. The van der Waals surface area contributed by atoms with Crippen LogP contribution in [0.3, 0.4) is 0 Å². The monoisotopic (exact) mass is 399 g/mol. The molecule has 2 aromatic carbocycles. The summed E-state index contributed by atoms with van der Waals surface area (Å²) in [6.45, 7) is 2.30. The van der Waals surface area contributed by atoms with Gasteiger partial charge in [-0.05, 0) is 55.2 Å². The number of hydrogen-bond acceptors (Lipinski definition) is 5. The highest BCUT2D eigenvalue weighted by molar-refractivity contribution is 7.18. The highest BCUT2D eigenvalue weighted by atomic mass is 35.5. The van der Waals surface area contributed by atoms with Crippen molar-refractivity contribution in [2.24, 2.45) is 0 Å². The van der Waals surface area contributed by atoms with Gasteiger partial charge in [-0.3, -0.25) is 0 Å². The molecule has 0 aliphatic carbocycles. The van der Waals surface area contributed by atoms with Gasteiger partial charge in [-0.2, -0.15) is 0 Å². The van der Waals surface area contributed by atoms with Crippen LogP contribution in [-0.2, 0) is 0 Å². The molecule has 4 nitrogen and oxygen atoms in total. The average Bonchev–Trinajstić information content (AvgIpc) is 3.17. The van der Waals surface area contributed by atoms with E-state index in [1.165, 1.54) is 30.5 Å². The highest BCUT2D eigenvalue weighted by Crippen LogP contribution is 2.34. The summed E-state index contributed by atoms with van der Waals surface area (Å²) < 4.78 is 5.20. The Hall–Kier alpha value is -2.24. The van der Waals surface area contributed by atoms with E-state index in [2.05, 4.69) is 39.5 Å². The van der Waals surface area contributed by atoms with Crippen LogP contribution in [0.4, 0.5) is 16.5 Å². The molecule has 0 saturated carbocycles. The Morgan fingerprint density at radius 3 is 2.74 bits per heavy atom. The number of hydrogen-bond donors (Lipinski definition) is 1. The van der Waals surface area contributed by atoms with Crippen molar-refractivity contribution in [3.8, 4) is 16.2 Å². The predicted molar refractivity (Wildman–Crippen MR) is 115 cm³/mol. The maximum atomic E-state index is 6.20. The number of thiazole rings is 1. The van der Waals surface area contributed by atoms with Crippen molar-refractivity contribution in [1.82, 2.24) is 4.98 Å². The summed E-state index contributed by atoms with van der Waals surface area (Å²) in [7, 11) is 1.61. The van der Waals surface area contributed by atoms with Crippen molar-refractivity contribution in [2.45, 2.75) is 19.3 Å². The zero-order valence-corrected chi connectivity index (χ0v) is 16.8. The second-order valence-electron chi connectivity index (χ2n) is 6.60. The van der Waals surface area contributed by atoms with Gasteiger partial charge in [0.05, 0.1) is 17.0 Å². The van der Waals surface area contributed by atoms with Gasteiger partial charge in [0.15, 0.2) is 5.13 Å². The third kappa shape index (κ3) is 4.20. The third-order valence-electron chi connectivity index (χ3n) is 4.76. The molecule has 1 aliphatic rings. The number of methoxy groups -OCH3 is 1. The maximum absolute atomic E-state index is 6.20. The molecule has 6 heteroatoms. The Morgan fingerprint density at radius 1 is 1.11 bits per heavy atom. The van der Waals surface area contributed by atoms with Gasteiger partial charge in [0.1, 0.15) is 5.75 Å². The van der Waals surface area contributed by atoms with Crippen molar-refractivity contribution in [3.63, 3.8) is 0 Å². The summed E-state index contributed by atoms with van der Waals surface area (Å²) in [5.41, 5.74) is 3.40. The number of benzene rings is 2. The summed E-state index contributed by atoms with van der Waals surface area (Å²) in [6, 6.07) is 14.4. The van der Waals surface area contributed by atoms with Crippen molar-refractivity contribution in [3.05, 3.63) is 53.7 Å². The molecule has 4 rings (SSSR count). The minimum absolute atomic E-state index is 0.577. The second kappa shape index (κ2) is 8.19. The normalized spacial score (nSPS) is 14.2. The molecule has 1 aliphatic heterocycles. The Morgan fingerprint density at radius 2 is 1.96 bits per heavy atom. The van der Waals surface area contributed by atoms with Crippen LogP contribution in [0.25, 0.3) is 10.4 Å². The fraction of sp³-hybridized carbons (Fsp3) is 0.286. The largest absolute Gasteiger partial charge is 0.495 e. The number of rotatable bonds is 5. The lowest BCUT2D eigenvalue weighted by molar-refractivity contribution is 0.415. The molecule has 0 radical (unpaired) electrons. The van der Waals surface area contributed by atoms with Crippen molar-refractivity contribution in [2.75, 3.05) is 30.4 Å². The van der Waals surface area contributed by atoms with E-state index in [0.717, 1.165) is 28.8 Å². The minimum atomic E-state index is 0.577. The molecular weight excluding hydrogens is 378 g/mol. The Bertz CT molecular complexity index is 921. The molecule has 3 aromatic rings. The molecule has 0 amide bonds. The third-order valence-corrected chi connectivity index (χ3v) is 6.02. The fourth-order valence-corrected chi connectivity index (χ4v) is 4.43. The summed E-state index contributed by atoms with van der Waals surface area (Å²) >= 11 is 7.84. The van der Waals surface area contributed by atoms with Crippen molar-refractivity contribution >= 4 is 39.4 Å². The van der Waals surface area contributed by atoms with Crippen LogP contribution in [0.5, 0.6) is 5.75 Å². The molecule has 140 valence electrons. The molecule has 1 aromatic heterocycles. The first-order valence-electron chi connectivity index (χ1n) is 9.15. The molecule has 27 heavy (non-hydrogen) atoms. The molecule has 0 atom stereocenters. The standard InChI is InChI=1S/C21H22ClN3OS/c1-26-19-9-8-16(13-18(19)22)24-21-23-14-20(27-21)15-6-5-7-17(12-15)25-10-3-2-4-11-25/h5-9,12-14H,2-4,10-11H2,1H3,(H,23,24). The topological polar surface area (TPSA) is 37.4 Å². The lowest BCUT2D eigenvalue weighted by atomic mass is 10.1. The van der Waals surface area contributed by atoms with Crippen LogP contribution in [0.2, 0.25) is 5.02 Å². The second-order valence-corrected chi connectivity index (χ2v) is 8.04. The van der Waals surface area contributed by atoms with Crippen molar-refractivity contribution < 1.29 is 4.74 Å². The first-order chi connectivity index (χ1) is 13.2. The minimum Gasteiger partial charge on any atom is -0.495 e. The summed E-state index contributed by atoms with van der Waals surface area (Å²) in [4.78, 5) is 8.15. The summed E-state index contributed by atoms with van der Waals surface area (Å²) in [5.74, 6) is 0.663. The van der Waals surface area contributed by atoms with E-state index in [4.69, 9.17) is 16.3 Å². The number of aromatic nitrogens is 1. The van der Waals surface area contributed by atoms with Gasteiger partial charge >= 0.3 is 0 Å². The van der Waals surface area contributed by atoms with E-state index in [-0.39, 0.29) is 0 Å². The molecule has 0 unspecified atom stereocenters. The van der Waals surface area contributed by atoms with Gasteiger partial charge in [-0.25, -0.2) is 4.98 Å². The molecule has 1 fully saturated rings. The van der Waals surface area contributed by atoms with Crippen LogP contribution in [0, 0.1) is 0 Å². The van der Waals surface area contributed by atoms with Crippen LogP contribution >= 0.6 is 22.9 Å². The molecule has 1 saturated heterocycles. The molecule has 0 bridgehead atoms. The molecular formula is C21H22ClN3OS. The van der Waals surface area contributed by atoms with E-state index in [0.29, 0.717) is 10.8 Å². The van der Waals surface area contributed by atoms with Crippen LogP contribution < -0.4 is 15.0 Å². The van der Waals surface area contributed by atoms with E-state index in [1.54, 1.807) is 18.4 Å². The van der Waals surface area contributed by atoms with E-state index >= 15 is 0 Å². The van der Waals surface area contributed by atoms with Gasteiger partial charge in [-0.15, -0.1) is 0 Å². The van der Waals surface area contributed by atoms with Crippen molar-refractivity contribution in [1.29, 1.82) is 0 Å². The predicted octanol–water partition coefficient (Wildman–Crippen LogP) is 6.21. The quantitative estimate of drug-likeness (QED) is 0.553. The van der Waals surface area contributed by atoms with E-state index < -0.39 is 0 Å². The van der Waals surface area contributed by atoms with Gasteiger partial charge < -0.3 is 15.0 Å². The van der Waals surface area contributed by atoms with Crippen LogP contribution in [-0.4, -0.2) is 25.2 Å². The highest BCUT2D eigenvalue weighted by Gasteiger charge is 2.12. The van der Waals surface area contributed by atoms with Gasteiger partial charge in [-0.1, -0.05) is 35.1 Å². The molecule has 1 N–H and O–H groups in total. The maximum Gasteiger partial charge on any atom is 0.187 e. The smallest absolute Gasteiger partial charge is 0.187 e. The lowest BCUT2D eigenvalue weighted by Gasteiger charge is -2.29. The van der Waals surface area contributed by atoms with Gasteiger partial charge in [0, 0.05) is 30.7 Å². The summed E-state index contributed by atoms with van der Waals surface area (Å²) in [5, 5.41) is 4.74. The first-order valence-corrected chi connectivity index (χ1v) is 10.3. The molecule has 2 heterocycles. The Kier molecular flexibility index (Phi) is 5.50. The molecule has 0 spiro atoms. The summed E-state index contributed by atoms with van der Waals surface area (Å²) in [6.07, 6.45) is 5.83. The Balaban J connectivity index is 1.51. The number of nitrogens with one attached hydrogen (secondary N) is 1. The lowest BCUT2D eigenvalue weighted by Crippen LogP contribution is -2.29.